The molecule has 0 spiro atoms. The van der Waals surface area contributed by atoms with Crippen LogP contribution in [0.5, 0.6) is 0 Å². The Hall–Kier alpha value is -5.04. The van der Waals surface area contributed by atoms with Crippen LogP contribution in [0.2, 0.25) is 0 Å². The van der Waals surface area contributed by atoms with E-state index in [1.807, 2.05) is 98.4 Å². The van der Waals surface area contributed by atoms with Gasteiger partial charge in [-0.2, -0.15) is 0 Å². The molecule has 0 bridgehead atoms. The first-order valence-corrected chi connectivity index (χ1v) is 11.6. The predicted molar refractivity (Wildman–Crippen MR) is 143 cm³/mol. The Morgan fingerprint density at radius 1 is 0.778 bits per heavy atom. The van der Waals surface area contributed by atoms with Crippen molar-refractivity contribution in [1.82, 2.24) is 14.5 Å². The second kappa shape index (κ2) is 8.63. The molecule has 36 heavy (non-hydrogen) atoms. The topological polar surface area (TPSA) is 94.7 Å². The Morgan fingerprint density at radius 2 is 1.53 bits per heavy atom. The van der Waals surface area contributed by atoms with E-state index in [2.05, 4.69) is 20.6 Å². The first kappa shape index (κ1) is 21.5. The fourth-order valence-electron chi connectivity index (χ4n) is 4.46. The molecule has 7 nitrogen and oxygen atoms in total. The van der Waals surface area contributed by atoms with Crippen molar-refractivity contribution in [2.75, 3.05) is 10.6 Å². The fraction of sp³-hybridized carbons (Fsp3) is 0.0345. The van der Waals surface area contributed by atoms with E-state index >= 15 is 0 Å². The number of H-pyrrole nitrogens is 2. The van der Waals surface area contributed by atoms with Crippen molar-refractivity contribution < 1.29 is 9.59 Å². The van der Waals surface area contributed by atoms with E-state index in [1.54, 1.807) is 10.6 Å². The quantitative estimate of drug-likeness (QED) is 0.241. The highest BCUT2D eigenvalue weighted by Gasteiger charge is 2.12. The third-order valence-corrected chi connectivity index (χ3v) is 6.39. The van der Waals surface area contributed by atoms with Gasteiger partial charge in [0.2, 0.25) is 0 Å². The minimum absolute atomic E-state index is 0.157. The average molecular weight is 474 g/mol. The van der Waals surface area contributed by atoms with Gasteiger partial charge in [-0.25, -0.2) is 0 Å². The molecule has 0 saturated carbocycles. The summed E-state index contributed by atoms with van der Waals surface area (Å²) in [5, 5.41) is 8.04. The van der Waals surface area contributed by atoms with Crippen molar-refractivity contribution in [3.05, 3.63) is 109 Å². The van der Waals surface area contributed by atoms with Crippen LogP contribution in [0.15, 0.2) is 97.5 Å². The minimum Gasteiger partial charge on any atom is -0.361 e. The van der Waals surface area contributed by atoms with Crippen LogP contribution >= 0.6 is 0 Å². The van der Waals surface area contributed by atoms with E-state index in [9.17, 15) is 9.59 Å². The number of hydrogen-bond acceptors (Lipinski definition) is 2. The Balaban J connectivity index is 1.19. The number of rotatable bonds is 5. The summed E-state index contributed by atoms with van der Waals surface area (Å²) < 4.78 is 1.78. The zero-order chi connectivity index (χ0) is 24.6. The number of aryl methyl sites for hydroxylation is 1. The van der Waals surface area contributed by atoms with Crippen LogP contribution in [-0.4, -0.2) is 26.3 Å². The van der Waals surface area contributed by atoms with E-state index in [-0.39, 0.29) is 11.8 Å². The number of amides is 2. The van der Waals surface area contributed by atoms with Gasteiger partial charge in [0.25, 0.3) is 11.8 Å². The number of fused-ring (bicyclic) bond motifs is 2. The van der Waals surface area contributed by atoms with Crippen molar-refractivity contribution >= 4 is 45.0 Å². The smallest absolute Gasteiger partial charge is 0.272 e. The number of nitrogens with zero attached hydrogens (tertiary/aromatic N) is 1. The first-order valence-electron chi connectivity index (χ1n) is 11.6. The van der Waals surface area contributed by atoms with Crippen LogP contribution in [0.3, 0.4) is 0 Å². The number of hydrogen-bond donors (Lipinski definition) is 4. The van der Waals surface area contributed by atoms with Crippen molar-refractivity contribution in [1.29, 1.82) is 0 Å². The molecule has 0 aliphatic heterocycles. The van der Waals surface area contributed by atoms with Gasteiger partial charge in [0.15, 0.2) is 0 Å². The standard InChI is InChI=1S/C29H23N5O2/c1-34-14-2-3-27(34)29(36)33-22-10-11-23-24(17-31-26(23)16-22)18-4-6-20(7-5-18)28(35)32-21-9-8-19-12-13-30-25(19)15-21/h2-17,30-31H,1H3,(H,32,35)(H,33,36). The Morgan fingerprint density at radius 3 is 2.31 bits per heavy atom. The summed E-state index contributed by atoms with van der Waals surface area (Å²) in [6.07, 6.45) is 5.65. The van der Waals surface area contributed by atoms with E-state index in [0.29, 0.717) is 16.9 Å². The molecule has 0 aliphatic carbocycles. The normalized spacial score (nSPS) is 11.1. The number of anilines is 2. The highest BCUT2D eigenvalue weighted by Crippen LogP contribution is 2.31. The van der Waals surface area contributed by atoms with Crippen LogP contribution < -0.4 is 10.6 Å². The van der Waals surface area contributed by atoms with E-state index in [1.165, 1.54) is 0 Å². The zero-order valence-corrected chi connectivity index (χ0v) is 19.5. The second-order valence-corrected chi connectivity index (χ2v) is 8.73. The van der Waals surface area contributed by atoms with Crippen LogP contribution in [-0.2, 0) is 7.05 Å². The highest BCUT2D eigenvalue weighted by atomic mass is 16.2. The van der Waals surface area contributed by atoms with Gasteiger partial charge in [-0.1, -0.05) is 24.3 Å². The summed E-state index contributed by atoms with van der Waals surface area (Å²) in [4.78, 5) is 31.7. The molecule has 6 aromatic rings. The van der Waals surface area contributed by atoms with E-state index in [0.717, 1.165) is 38.6 Å². The zero-order valence-electron chi connectivity index (χ0n) is 19.5. The third kappa shape index (κ3) is 3.92. The number of carbonyl (C=O) groups excluding carboxylic acids is 2. The number of benzene rings is 3. The summed E-state index contributed by atoms with van der Waals surface area (Å²) in [6.45, 7) is 0. The lowest BCUT2D eigenvalue weighted by atomic mass is 10.0. The van der Waals surface area contributed by atoms with E-state index < -0.39 is 0 Å². The summed E-state index contributed by atoms with van der Waals surface area (Å²) in [7, 11) is 1.84. The van der Waals surface area contributed by atoms with Gasteiger partial charge in [0.05, 0.1) is 0 Å². The maximum Gasteiger partial charge on any atom is 0.272 e. The molecule has 3 aromatic heterocycles. The lowest BCUT2D eigenvalue weighted by molar-refractivity contribution is 0.101. The van der Waals surface area contributed by atoms with Gasteiger partial charge < -0.3 is 25.2 Å². The van der Waals surface area contributed by atoms with Crippen LogP contribution in [0.4, 0.5) is 11.4 Å². The van der Waals surface area contributed by atoms with Gasteiger partial charge in [-0.15, -0.1) is 0 Å². The summed E-state index contributed by atoms with van der Waals surface area (Å²) in [5.74, 6) is -0.319. The van der Waals surface area contributed by atoms with E-state index in [4.69, 9.17) is 0 Å². The third-order valence-electron chi connectivity index (χ3n) is 6.39. The van der Waals surface area contributed by atoms with Crippen molar-refractivity contribution in [3.63, 3.8) is 0 Å². The molecule has 0 saturated heterocycles. The lowest BCUT2D eigenvalue weighted by Gasteiger charge is -2.08. The molecule has 0 atom stereocenters. The van der Waals surface area contributed by atoms with Crippen LogP contribution in [0.1, 0.15) is 20.8 Å². The fourth-order valence-corrected chi connectivity index (χ4v) is 4.46. The number of carbonyl (C=O) groups is 2. The molecule has 0 fully saturated rings. The average Bonchev–Trinajstić information content (AvgIpc) is 3.63. The molecular formula is C29H23N5O2. The molecule has 4 N–H and O–H groups in total. The summed E-state index contributed by atoms with van der Waals surface area (Å²) in [6, 6.07) is 24.7. The second-order valence-electron chi connectivity index (χ2n) is 8.73. The molecule has 0 radical (unpaired) electrons. The van der Waals surface area contributed by atoms with Gasteiger partial charge in [0, 0.05) is 64.6 Å². The number of aromatic amines is 2. The van der Waals surface area contributed by atoms with Crippen LogP contribution in [0.25, 0.3) is 32.9 Å². The molecular weight excluding hydrogens is 450 g/mol. The molecule has 2 amide bonds. The maximum absolute atomic E-state index is 12.8. The first-order chi connectivity index (χ1) is 17.5. The van der Waals surface area contributed by atoms with Crippen molar-refractivity contribution in [3.8, 4) is 11.1 Å². The number of nitrogens with one attached hydrogen (secondary N) is 4. The van der Waals surface area contributed by atoms with Gasteiger partial charge in [-0.3, -0.25) is 9.59 Å². The highest BCUT2D eigenvalue weighted by molar-refractivity contribution is 6.06. The monoisotopic (exact) mass is 473 g/mol. The van der Waals surface area contributed by atoms with Gasteiger partial charge in [0.1, 0.15) is 5.69 Å². The van der Waals surface area contributed by atoms with Crippen molar-refractivity contribution in [2.24, 2.45) is 7.05 Å². The van der Waals surface area contributed by atoms with Gasteiger partial charge >= 0.3 is 0 Å². The molecule has 176 valence electrons. The Bertz CT molecular complexity index is 1740. The molecule has 7 heteroatoms. The largest absolute Gasteiger partial charge is 0.361 e. The summed E-state index contributed by atoms with van der Waals surface area (Å²) >= 11 is 0. The van der Waals surface area contributed by atoms with Crippen molar-refractivity contribution in [2.45, 2.75) is 0 Å². The Kier molecular flexibility index (Phi) is 5.15. The molecule has 3 heterocycles. The van der Waals surface area contributed by atoms with Crippen LogP contribution in [0, 0.1) is 0 Å². The minimum atomic E-state index is -0.162. The van der Waals surface area contributed by atoms with Gasteiger partial charge in [-0.05, 0) is 65.5 Å². The summed E-state index contributed by atoms with van der Waals surface area (Å²) in [5.41, 5.74) is 6.53. The Labute approximate surface area is 206 Å². The molecule has 6 rings (SSSR count). The maximum atomic E-state index is 12.8. The molecule has 0 aliphatic rings. The lowest BCUT2D eigenvalue weighted by Crippen LogP contribution is -2.15. The predicted octanol–water partition coefficient (Wildman–Crippen LogP) is 6.16. The SMILES string of the molecule is Cn1cccc1C(=O)Nc1ccc2c(-c3ccc(C(=O)Nc4ccc5cc[nH]c5c4)cc3)c[nH]c2c1. The molecule has 3 aromatic carbocycles. The number of aromatic nitrogens is 3. The molecule has 0 unspecified atom stereocenters.